The number of H-pyrrole nitrogens is 1. The molecule has 0 saturated carbocycles. The largest absolute Gasteiger partial charge is 0.368 e. The summed E-state index contributed by atoms with van der Waals surface area (Å²) in [6.07, 6.45) is 4.50. The van der Waals surface area contributed by atoms with Crippen LogP contribution in [0.25, 0.3) is 11.2 Å². The van der Waals surface area contributed by atoms with Crippen LogP contribution in [-0.2, 0) is 24.4 Å². The number of nitrogens with one attached hydrogen (secondary N) is 1. The standard InChI is InChI=1S/C23H30N6O3/c1-2-3-13-28-18(15-27-12-8-7-11-17(27)20(24)30)25-21-19(28)22(31)26-23(32)29(21)14-16-9-5-4-6-10-16/h4-6,9-10,17H,2-3,7-8,11-15H2,1H3,(H2,24,30)(H,26,31,32). The average molecular weight is 439 g/mol. The SMILES string of the molecule is CCCCn1c(CN2CCCCC2C(N)=O)nc2c1c(=O)[nH]c(=O)n2Cc1ccccc1. The van der Waals surface area contributed by atoms with Gasteiger partial charge in [0.25, 0.3) is 5.56 Å². The summed E-state index contributed by atoms with van der Waals surface area (Å²) < 4.78 is 3.42. The lowest BCUT2D eigenvalue weighted by molar-refractivity contribution is -0.124. The molecule has 1 aliphatic heterocycles. The van der Waals surface area contributed by atoms with Crippen LogP contribution in [0.1, 0.15) is 50.4 Å². The van der Waals surface area contributed by atoms with E-state index in [0.29, 0.717) is 36.6 Å². The molecule has 0 aliphatic carbocycles. The Balaban J connectivity index is 1.82. The Labute approximate surface area is 185 Å². The highest BCUT2D eigenvalue weighted by Crippen LogP contribution is 2.21. The van der Waals surface area contributed by atoms with Gasteiger partial charge in [0.1, 0.15) is 5.82 Å². The van der Waals surface area contributed by atoms with Gasteiger partial charge in [-0.3, -0.25) is 24.0 Å². The van der Waals surface area contributed by atoms with Crippen LogP contribution in [0.2, 0.25) is 0 Å². The number of primary amides is 1. The van der Waals surface area contributed by atoms with Gasteiger partial charge in [0.05, 0.1) is 19.1 Å². The number of nitrogens with zero attached hydrogens (tertiary/aromatic N) is 4. The maximum Gasteiger partial charge on any atom is 0.330 e. The lowest BCUT2D eigenvalue weighted by Gasteiger charge is -2.33. The molecule has 1 amide bonds. The molecule has 0 bridgehead atoms. The first-order valence-electron chi connectivity index (χ1n) is 11.3. The van der Waals surface area contributed by atoms with Crippen molar-refractivity contribution in [1.82, 2.24) is 24.0 Å². The number of aromatic nitrogens is 4. The fourth-order valence-corrected chi connectivity index (χ4v) is 4.49. The molecule has 4 rings (SSSR count). The number of benzene rings is 1. The van der Waals surface area contributed by atoms with Crippen molar-refractivity contribution in [2.75, 3.05) is 6.54 Å². The molecule has 0 radical (unpaired) electrons. The average Bonchev–Trinajstić information content (AvgIpc) is 3.14. The third-order valence-electron chi connectivity index (χ3n) is 6.17. The molecule has 170 valence electrons. The van der Waals surface area contributed by atoms with E-state index >= 15 is 0 Å². The van der Waals surface area contributed by atoms with Gasteiger partial charge in [0.2, 0.25) is 5.91 Å². The van der Waals surface area contributed by atoms with Gasteiger partial charge in [-0.15, -0.1) is 0 Å². The molecule has 3 N–H and O–H groups in total. The van der Waals surface area contributed by atoms with E-state index in [-0.39, 0.29) is 11.9 Å². The summed E-state index contributed by atoms with van der Waals surface area (Å²) in [5.74, 6) is 0.347. The first-order valence-corrected chi connectivity index (χ1v) is 11.3. The number of hydrogen-bond acceptors (Lipinski definition) is 5. The topological polar surface area (TPSA) is 119 Å². The molecule has 0 spiro atoms. The third kappa shape index (κ3) is 4.38. The monoisotopic (exact) mass is 438 g/mol. The van der Waals surface area contributed by atoms with Crippen molar-refractivity contribution in [1.29, 1.82) is 0 Å². The minimum atomic E-state index is -0.481. The Kier molecular flexibility index (Phi) is 6.55. The molecular formula is C23H30N6O3. The molecule has 1 saturated heterocycles. The van der Waals surface area contributed by atoms with E-state index in [1.54, 1.807) is 0 Å². The van der Waals surface area contributed by atoms with Crippen LogP contribution in [0, 0.1) is 0 Å². The number of unbranched alkanes of at least 4 members (excludes halogenated alkanes) is 1. The molecule has 1 aromatic carbocycles. The lowest BCUT2D eigenvalue weighted by Crippen LogP contribution is -2.47. The summed E-state index contributed by atoms with van der Waals surface area (Å²) in [5.41, 5.74) is 6.45. The molecule has 1 atom stereocenters. The predicted molar refractivity (Wildman–Crippen MR) is 122 cm³/mol. The molecule has 1 fully saturated rings. The Hall–Kier alpha value is -3.20. The fourth-order valence-electron chi connectivity index (χ4n) is 4.49. The zero-order chi connectivity index (χ0) is 22.7. The van der Waals surface area contributed by atoms with Crippen LogP contribution in [0.4, 0.5) is 0 Å². The van der Waals surface area contributed by atoms with Crippen LogP contribution in [-0.4, -0.2) is 42.5 Å². The van der Waals surface area contributed by atoms with E-state index in [4.69, 9.17) is 10.7 Å². The van der Waals surface area contributed by atoms with Crippen molar-refractivity contribution in [2.45, 2.75) is 64.7 Å². The second-order valence-corrected chi connectivity index (χ2v) is 8.42. The van der Waals surface area contributed by atoms with Gasteiger partial charge >= 0.3 is 5.69 Å². The van der Waals surface area contributed by atoms with Crippen molar-refractivity contribution in [3.8, 4) is 0 Å². The maximum atomic E-state index is 12.8. The number of imidazole rings is 1. The van der Waals surface area contributed by atoms with Crippen molar-refractivity contribution in [3.63, 3.8) is 0 Å². The normalized spacial score (nSPS) is 17.1. The molecular weight excluding hydrogens is 408 g/mol. The quantitative estimate of drug-likeness (QED) is 0.553. The molecule has 3 aromatic rings. The molecule has 1 aliphatic rings. The number of rotatable bonds is 8. The minimum absolute atomic E-state index is 0.310. The minimum Gasteiger partial charge on any atom is -0.368 e. The van der Waals surface area contributed by atoms with Crippen molar-refractivity contribution >= 4 is 17.1 Å². The van der Waals surface area contributed by atoms with Crippen molar-refractivity contribution in [2.24, 2.45) is 5.73 Å². The number of amides is 1. The number of carbonyl (C=O) groups excluding carboxylic acids is 1. The van der Waals surface area contributed by atoms with Gasteiger partial charge in [-0.25, -0.2) is 9.78 Å². The second-order valence-electron chi connectivity index (χ2n) is 8.42. The molecule has 9 nitrogen and oxygen atoms in total. The number of piperidine rings is 1. The van der Waals surface area contributed by atoms with Crippen LogP contribution in [0.15, 0.2) is 39.9 Å². The molecule has 32 heavy (non-hydrogen) atoms. The lowest BCUT2D eigenvalue weighted by atomic mass is 10.0. The number of aryl methyl sites for hydroxylation is 1. The third-order valence-corrected chi connectivity index (χ3v) is 6.17. The van der Waals surface area contributed by atoms with Crippen LogP contribution in [0.5, 0.6) is 0 Å². The number of fused-ring (bicyclic) bond motifs is 1. The van der Waals surface area contributed by atoms with Crippen molar-refractivity contribution in [3.05, 3.63) is 62.6 Å². The van der Waals surface area contributed by atoms with Gasteiger partial charge in [-0.2, -0.15) is 0 Å². The van der Waals surface area contributed by atoms with E-state index in [1.165, 1.54) is 4.57 Å². The highest BCUT2D eigenvalue weighted by molar-refractivity contribution is 5.80. The molecule has 3 heterocycles. The maximum absolute atomic E-state index is 12.8. The molecule has 9 heteroatoms. The summed E-state index contributed by atoms with van der Waals surface area (Å²) >= 11 is 0. The van der Waals surface area contributed by atoms with E-state index in [1.807, 2.05) is 39.8 Å². The van der Waals surface area contributed by atoms with Gasteiger partial charge in [-0.1, -0.05) is 50.1 Å². The van der Waals surface area contributed by atoms with Crippen molar-refractivity contribution < 1.29 is 4.79 Å². The summed E-state index contributed by atoms with van der Waals surface area (Å²) in [4.78, 5) is 46.8. The Morgan fingerprint density at radius 2 is 1.94 bits per heavy atom. The first-order chi connectivity index (χ1) is 15.5. The smallest absolute Gasteiger partial charge is 0.330 e. The van der Waals surface area contributed by atoms with E-state index in [9.17, 15) is 14.4 Å². The fraction of sp³-hybridized carbons (Fsp3) is 0.478. The zero-order valence-electron chi connectivity index (χ0n) is 18.4. The van der Waals surface area contributed by atoms with Gasteiger partial charge in [0.15, 0.2) is 11.2 Å². The summed E-state index contributed by atoms with van der Waals surface area (Å²) in [7, 11) is 0. The van der Waals surface area contributed by atoms with Gasteiger partial charge in [0, 0.05) is 6.54 Å². The van der Waals surface area contributed by atoms with Gasteiger partial charge < -0.3 is 10.3 Å². The second kappa shape index (κ2) is 9.52. The molecule has 2 aromatic heterocycles. The van der Waals surface area contributed by atoms with Crippen LogP contribution in [0.3, 0.4) is 0 Å². The summed E-state index contributed by atoms with van der Waals surface area (Å²) in [5, 5.41) is 0. The van der Waals surface area contributed by atoms with Crippen LogP contribution < -0.4 is 17.0 Å². The Bertz CT molecular complexity index is 1210. The van der Waals surface area contributed by atoms with E-state index in [2.05, 4.69) is 11.9 Å². The highest BCUT2D eigenvalue weighted by Gasteiger charge is 2.29. The summed E-state index contributed by atoms with van der Waals surface area (Å²) in [6.45, 7) is 4.17. The van der Waals surface area contributed by atoms with Crippen LogP contribution >= 0.6 is 0 Å². The molecule has 1 unspecified atom stereocenters. The van der Waals surface area contributed by atoms with E-state index in [0.717, 1.165) is 44.2 Å². The number of likely N-dealkylation sites (tertiary alicyclic amines) is 1. The Morgan fingerprint density at radius 1 is 1.16 bits per heavy atom. The summed E-state index contributed by atoms with van der Waals surface area (Å²) in [6, 6.07) is 9.27. The van der Waals surface area contributed by atoms with E-state index < -0.39 is 11.2 Å². The number of nitrogens with two attached hydrogens (primary N) is 1. The zero-order valence-corrected chi connectivity index (χ0v) is 18.4. The number of hydrogen-bond donors (Lipinski definition) is 2. The highest BCUT2D eigenvalue weighted by atomic mass is 16.2. The predicted octanol–water partition coefficient (Wildman–Crippen LogP) is 1.57. The number of carbonyl (C=O) groups is 1. The first kappa shape index (κ1) is 22.0. The Morgan fingerprint density at radius 3 is 2.66 bits per heavy atom. The van der Waals surface area contributed by atoms with Gasteiger partial charge in [-0.05, 0) is 31.4 Å². The number of aromatic amines is 1.